The number of aryl methyl sites for hydroxylation is 1. The summed E-state index contributed by atoms with van der Waals surface area (Å²) in [7, 11) is 0. The van der Waals surface area contributed by atoms with Crippen molar-refractivity contribution in [3.05, 3.63) is 29.3 Å². The summed E-state index contributed by atoms with van der Waals surface area (Å²) >= 11 is 0. The van der Waals surface area contributed by atoms with Crippen LogP contribution >= 0.6 is 0 Å². The van der Waals surface area contributed by atoms with Crippen LogP contribution in [0.4, 0.5) is 10.5 Å². The Morgan fingerprint density at radius 1 is 1.48 bits per heavy atom. The molecule has 1 unspecified atom stereocenters. The number of carbonyl (C=O) groups excluding carboxylic acids is 1. The van der Waals surface area contributed by atoms with Gasteiger partial charge in [-0.1, -0.05) is 6.07 Å². The number of carbonyl (C=O) groups is 2. The number of urea groups is 1. The molecule has 0 radical (unpaired) electrons. The van der Waals surface area contributed by atoms with Gasteiger partial charge in [-0.25, -0.2) is 9.59 Å². The summed E-state index contributed by atoms with van der Waals surface area (Å²) in [6.45, 7) is 2.60. The largest absolute Gasteiger partial charge is 0.478 e. The fraction of sp³-hybridized carbons (Fsp3) is 0.429. The van der Waals surface area contributed by atoms with Crippen LogP contribution in [0.1, 0.15) is 15.9 Å². The monoisotopic (exact) mass is 294 g/mol. The summed E-state index contributed by atoms with van der Waals surface area (Å²) in [6.07, 6.45) is 0. The van der Waals surface area contributed by atoms with E-state index in [1.54, 1.807) is 19.1 Å². The highest BCUT2D eigenvalue weighted by Gasteiger charge is 2.26. The number of carboxylic acids is 1. The van der Waals surface area contributed by atoms with E-state index < -0.39 is 5.97 Å². The number of ether oxygens (including phenoxy) is 1. The van der Waals surface area contributed by atoms with Crippen LogP contribution in [0.25, 0.3) is 0 Å². The molecule has 1 aliphatic rings. The second-order valence-electron chi connectivity index (χ2n) is 4.87. The highest BCUT2D eigenvalue weighted by atomic mass is 16.5. The molecule has 2 rings (SSSR count). The zero-order valence-electron chi connectivity index (χ0n) is 11.7. The quantitative estimate of drug-likeness (QED) is 0.770. The van der Waals surface area contributed by atoms with E-state index in [0.29, 0.717) is 24.4 Å². The minimum atomic E-state index is -1.04. The molecule has 0 spiro atoms. The standard InChI is InChI=1S/C14H18N2O5/c1-9-2-3-10(6-12(9)13(18)19)15-14(20)16-4-5-21-8-11(16)7-17/h2-3,6,11,17H,4-5,7-8H2,1H3,(H,15,20)(H,18,19). The Morgan fingerprint density at radius 3 is 2.90 bits per heavy atom. The molecule has 1 aromatic carbocycles. The predicted molar refractivity (Wildman–Crippen MR) is 75.6 cm³/mol. The average Bonchev–Trinajstić information content (AvgIpc) is 2.48. The predicted octanol–water partition coefficient (Wildman–Crippen LogP) is 0.918. The van der Waals surface area contributed by atoms with Crippen molar-refractivity contribution in [2.75, 3.05) is 31.7 Å². The van der Waals surface area contributed by atoms with Crippen LogP contribution in [-0.4, -0.2) is 59.5 Å². The third-order valence-electron chi connectivity index (χ3n) is 3.42. The van der Waals surface area contributed by atoms with Crippen LogP contribution in [0.2, 0.25) is 0 Å². The van der Waals surface area contributed by atoms with Gasteiger partial charge < -0.3 is 25.2 Å². The maximum Gasteiger partial charge on any atom is 0.336 e. The molecule has 1 aliphatic heterocycles. The number of carboxylic acid groups (broad SMARTS) is 1. The van der Waals surface area contributed by atoms with Gasteiger partial charge in [-0.15, -0.1) is 0 Å². The van der Waals surface area contributed by atoms with E-state index in [1.807, 2.05) is 0 Å². The Morgan fingerprint density at radius 2 is 2.24 bits per heavy atom. The zero-order chi connectivity index (χ0) is 15.4. The number of aliphatic hydroxyl groups is 1. The van der Waals surface area contributed by atoms with Gasteiger partial charge >= 0.3 is 12.0 Å². The maximum atomic E-state index is 12.2. The van der Waals surface area contributed by atoms with E-state index in [9.17, 15) is 14.7 Å². The lowest BCUT2D eigenvalue weighted by Gasteiger charge is -2.34. The van der Waals surface area contributed by atoms with Crippen molar-refractivity contribution in [3.8, 4) is 0 Å². The molecule has 1 atom stereocenters. The van der Waals surface area contributed by atoms with Gasteiger partial charge in [0.05, 0.1) is 31.4 Å². The third kappa shape index (κ3) is 3.50. The number of hydrogen-bond acceptors (Lipinski definition) is 4. The van der Waals surface area contributed by atoms with Gasteiger partial charge in [-0.05, 0) is 24.6 Å². The Kier molecular flexibility index (Phi) is 4.77. The molecule has 114 valence electrons. The first-order chi connectivity index (χ1) is 10.0. The first-order valence-electron chi connectivity index (χ1n) is 6.63. The van der Waals surface area contributed by atoms with Crippen molar-refractivity contribution >= 4 is 17.7 Å². The van der Waals surface area contributed by atoms with Gasteiger partial charge in [0.15, 0.2) is 0 Å². The number of morpholine rings is 1. The number of benzene rings is 1. The maximum absolute atomic E-state index is 12.2. The SMILES string of the molecule is Cc1ccc(NC(=O)N2CCOCC2CO)cc1C(=O)O. The lowest BCUT2D eigenvalue weighted by molar-refractivity contribution is -0.00485. The molecule has 0 bridgehead atoms. The molecule has 1 fully saturated rings. The van der Waals surface area contributed by atoms with E-state index in [4.69, 9.17) is 9.84 Å². The van der Waals surface area contributed by atoms with Gasteiger partial charge in [-0.3, -0.25) is 0 Å². The second kappa shape index (κ2) is 6.55. The van der Waals surface area contributed by atoms with E-state index >= 15 is 0 Å². The lowest BCUT2D eigenvalue weighted by Crippen LogP contribution is -2.52. The van der Waals surface area contributed by atoms with E-state index in [1.165, 1.54) is 11.0 Å². The topological polar surface area (TPSA) is 99.1 Å². The second-order valence-corrected chi connectivity index (χ2v) is 4.87. The molecule has 0 aromatic heterocycles. The van der Waals surface area contributed by atoms with Gasteiger partial charge in [0.1, 0.15) is 0 Å². The smallest absolute Gasteiger partial charge is 0.336 e. The summed E-state index contributed by atoms with van der Waals surface area (Å²) in [4.78, 5) is 24.8. The van der Waals surface area contributed by atoms with Crippen molar-refractivity contribution in [2.45, 2.75) is 13.0 Å². The van der Waals surface area contributed by atoms with Crippen LogP contribution in [-0.2, 0) is 4.74 Å². The normalized spacial score (nSPS) is 18.4. The van der Waals surface area contributed by atoms with Crippen molar-refractivity contribution in [1.82, 2.24) is 4.90 Å². The summed E-state index contributed by atoms with van der Waals surface area (Å²) in [6, 6.07) is 3.95. The van der Waals surface area contributed by atoms with Crippen LogP contribution in [0.15, 0.2) is 18.2 Å². The number of aliphatic hydroxyl groups excluding tert-OH is 1. The Labute approximate surface area is 122 Å². The number of nitrogens with zero attached hydrogens (tertiary/aromatic N) is 1. The van der Waals surface area contributed by atoms with Crippen LogP contribution in [0.3, 0.4) is 0 Å². The molecule has 0 aliphatic carbocycles. The highest BCUT2D eigenvalue weighted by molar-refractivity contribution is 5.94. The van der Waals surface area contributed by atoms with Gasteiger partial charge in [-0.2, -0.15) is 0 Å². The Hall–Kier alpha value is -2.12. The molecule has 1 heterocycles. The van der Waals surface area contributed by atoms with Gasteiger partial charge in [0.25, 0.3) is 0 Å². The molecule has 1 saturated heterocycles. The van der Waals surface area contributed by atoms with E-state index in [0.717, 1.165) is 0 Å². The van der Waals surface area contributed by atoms with Crippen LogP contribution in [0, 0.1) is 6.92 Å². The van der Waals surface area contributed by atoms with Crippen molar-refractivity contribution in [3.63, 3.8) is 0 Å². The molecule has 21 heavy (non-hydrogen) atoms. The average molecular weight is 294 g/mol. The first kappa shape index (κ1) is 15.3. The van der Waals surface area contributed by atoms with Gasteiger partial charge in [0.2, 0.25) is 0 Å². The summed E-state index contributed by atoms with van der Waals surface area (Å²) in [5, 5.41) is 21.0. The molecule has 1 aromatic rings. The van der Waals surface area contributed by atoms with E-state index in [2.05, 4.69) is 5.32 Å². The molecule has 0 saturated carbocycles. The highest BCUT2D eigenvalue weighted by Crippen LogP contribution is 2.17. The Bertz CT molecular complexity index is 546. The summed E-state index contributed by atoms with van der Waals surface area (Å²) < 4.78 is 5.21. The fourth-order valence-electron chi connectivity index (χ4n) is 2.20. The zero-order valence-corrected chi connectivity index (χ0v) is 11.7. The number of nitrogens with one attached hydrogen (secondary N) is 1. The first-order valence-corrected chi connectivity index (χ1v) is 6.63. The summed E-state index contributed by atoms with van der Waals surface area (Å²) in [5.74, 6) is -1.04. The number of aromatic carboxylic acids is 1. The number of rotatable bonds is 3. The van der Waals surface area contributed by atoms with Crippen LogP contribution in [0.5, 0.6) is 0 Å². The number of hydrogen-bond donors (Lipinski definition) is 3. The van der Waals surface area contributed by atoms with Crippen molar-refractivity contribution < 1.29 is 24.5 Å². The minimum absolute atomic E-state index is 0.147. The number of amides is 2. The van der Waals surface area contributed by atoms with Crippen molar-refractivity contribution in [1.29, 1.82) is 0 Å². The lowest BCUT2D eigenvalue weighted by atomic mass is 10.1. The minimum Gasteiger partial charge on any atom is -0.478 e. The molecule has 2 amide bonds. The number of anilines is 1. The van der Waals surface area contributed by atoms with Crippen LogP contribution < -0.4 is 5.32 Å². The van der Waals surface area contributed by atoms with Crippen molar-refractivity contribution in [2.24, 2.45) is 0 Å². The molecule has 7 heteroatoms. The van der Waals surface area contributed by atoms with E-state index in [-0.39, 0.29) is 30.9 Å². The fourth-order valence-corrected chi connectivity index (χ4v) is 2.20. The Balaban J connectivity index is 2.12. The van der Waals surface area contributed by atoms with Gasteiger partial charge in [0, 0.05) is 12.2 Å². The molecule has 3 N–H and O–H groups in total. The third-order valence-corrected chi connectivity index (χ3v) is 3.42. The molecular weight excluding hydrogens is 276 g/mol. The molecule has 7 nitrogen and oxygen atoms in total. The molecular formula is C14H18N2O5. The summed E-state index contributed by atoms with van der Waals surface area (Å²) in [5.41, 5.74) is 1.18.